The first kappa shape index (κ1) is 10.9. The Labute approximate surface area is 96.1 Å². The van der Waals surface area contributed by atoms with Crippen molar-refractivity contribution < 1.29 is 4.73 Å². The van der Waals surface area contributed by atoms with Crippen molar-refractivity contribution in [3.05, 3.63) is 47.3 Å². The summed E-state index contributed by atoms with van der Waals surface area (Å²) < 4.78 is 0.932. The highest BCUT2D eigenvalue weighted by Gasteiger charge is 2.12. The number of hydrogen-bond acceptors (Lipinski definition) is 1. The number of fused-ring (bicyclic) bond motifs is 1. The van der Waals surface area contributed by atoms with E-state index in [2.05, 4.69) is 26.8 Å². The van der Waals surface area contributed by atoms with Crippen molar-refractivity contribution in [1.82, 2.24) is 0 Å². The van der Waals surface area contributed by atoms with E-state index in [9.17, 15) is 5.21 Å². The van der Waals surface area contributed by atoms with Gasteiger partial charge in [-0.05, 0) is 29.5 Å². The Balaban J connectivity index is 2.47. The molecule has 0 atom stereocenters. The van der Waals surface area contributed by atoms with Crippen molar-refractivity contribution in [3.8, 4) is 0 Å². The number of rotatable bonds is 1. The molecule has 0 aliphatic carbocycles. The second kappa shape index (κ2) is 3.78. The van der Waals surface area contributed by atoms with Gasteiger partial charge in [-0.2, -0.15) is 4.73 Å². The van der Waals surface area contributed by atoms with Crippen LogP contribution < -0.4 is 4.73 Å². The Morgan fingerprint density at radius 3 is 2.62 bits per heavy atom. The molecule has 0 radical (unpaired) electrons. The first-order valence-corrected chi connectivity index (χ1v) is 5.56. The average Bonchev–Trinajstić information content (AvgIpc) is 2.17. The molecule has 0 N–H and O–H groups in total. The van der Waals surface area contributed by atoms with Gasteiger partial charge in [-0.15, -0.1) is 0 Å². The Morgan fingerprint density at radius 1 is 1.19 bits per heavy atom. The normalized spacial score (nSPS) is 11.9. The molecule has 1 aromatic heterocycles. The SMILES string of the molecule is CC(C)(C)Cc1ccc2ccc[n+]([O-])c2c1. The van der Waals surface area contributed by atoms with E-state index in [1.165, 1.54) is 5.56 Å². The molecule has 2 heteroatoms. The number of aromatic nitrogens is 1. The first-order chi connectivity index (χ1) is 7.46. The van der Waals surface area contributed by atoms with Crippen molar-refractivity contribution in [2.75, 3.05) is 0 Å². The van der Waals surface area contributed by atoms with E-state index < -0.39 is 0 Å². The van der Waals surface area contributed by atoms with Gasteiger partial charge >= 0.3 is 0 Å². The van der Waals surface area contributed by atoms with Gasteiger partial charge < -0.3 is 5.21 Å². The molecular formula is C14H17NO. The fourth-order valence-electron chi connectivity index (χ4n) is 1.95. The Bertz CT molecular complexity index is 512. The number of pyridine rings is 1. The van der Waals surface area contributed by atoms with Crippen LogP contribution in [0.2, 0.25) is 0 Å². The van der Waals surface area contributed by atoms with Crippen LogP contribution in [-0.4, -0.2) is 0 Å². The minimum Gasteiger partial charge on any atom is -0.618 e. The predicted molar refractivity (Wildman–Crippen MR) is 66.1 cm³/mol. The topological polar surface area (TPSA) is 26.9 Å². The van der Waals surface area contributed by atoms with Crippen LogP contribution in [0.15, 0.2) is 36.5 Å². The lowest BCUT2D eigenvalue weighted by Gasteiger charge is -2.18. The summed E-state index contributed by atoms with van der Waals surface area (Å²) in [6.07, 6.45) is 2.53. The summed E-state index contributed by atoms with van der Waals surface area (Å²) in [6.45, 7) is 6.61. The molecule has 0 fully saturated rings. The number of hydrogen-bond donors (Lipinski definition) is 0. The predicted octanol–water partition coefficient (Wildman–Crippen LogP) is 3.06. The molecule has 2 aromatic rings. The van der Waals surface area contributed by atoms with Crippen LogP contribution in [0.25, 0.3) is 10.9 Å². The maximum Gasteiger partial charge on any atom is 0.224 e. The second-order valence-corrected chi connectivity index (χ2v) is 5.46. The first-order valence-electron chi connectivity index (χ1n) is 5.56. The number of benzene rings is 1. The molecule has 1 aromatic carbocycles. The van der Waals surface area contributed by atoms with Gasteiger partial charge in [0.05, 0.1) is 0 Å². The molecular weight excluding hydrogens is 198 g/mol. The smallest absolute Gasteiger partial charge is 0.224 e. The summed E-state index contributed by atoms with van der Waals surface area (Å²) in [5, 5.41) is 12.6. The van der Waals surface area contributed by atoms with Crippen molar-refractivity contribution in [3.63, 3.8) is 0 Å². The minimum atomic E-state index is 0.246. The summed E-state index contributed by atoms with van der Waals surface area (Å²) in [7, 11) is 0. The zero-order valence-corrected chi connectivity index (χ0v) is 10.0. The van der Waals surface area contributed by atoms with Gasteiger partial charge in [-0.25, -0.2) is 0 Å². The fourth-order valence-corrected chi connectivity index (χ4v) is 1.95. The highest BCUT2D eigenvalue weighted by Crippen LogP contribution is 2.22. The van der Waals surface area contributed by atoms with Crippen molar-refractivity contribution in [1.29, 1.82) is 0 Å². The molecule has 0 spiro atoms. The lowest BCUT2D eigenvalue weighted by atomic mass is 9.88. The van der Waals surface area contributed by atoms with Gasteiger partial charge in [0.1, 0.15) is 0 Å². The van der Waals surface area contributed by atoms with Crippen LogP contribution >= 0.6 is 0 Å². The molecule has 0 bridgehead atoms. The molecule has 84 valence electrons. The van der Waals surface area contributed by atoms with E-state index in [0.29, 0.717) is 0 Å². The van der Waals surface area contributed by atoms with Crippen molar-refractivity contribution in [2.45, 2.75) is 27.2 Å². The molecule has 0 unspecified atom stereocenters. The molecule has 0 aliphatic heterocycles. The summed E-state index contributed by atoms with van der Waals surface area (Å²) in [5.74, 6) is 0. The number of nitrogens with zero attached hydrogens (tertiary/aromatic N) is 1. The zero-order chi connectivity index (χ0) is 11.8. The van der Waals surface area contributed by atoms with Crippen LogP contribution in [0.3, 0.4) is 0 Å². The molecule has 0 amide bonds. The Kier molecular flexibility index (Phi) is 2.58. The molecule has 2 nitrogen and oxygen atoms in total. The van der Waals surface area contributed by atoms with Gasteiger partial charge in [0.25, 0.3) is 0 Å². The Morgan fingerprint density at radius 2 is 1.94 bits per heavy atom. The van der Waals surface area contributed by atoms with E-state index in [4.69, 9.17) is 0 Å². The van der Waals surface area contributed by atoms with Crippen LogP contribution in [0, 0.1) is 10.6 Å². The van der Waals surface area contributed by atoms with E-state index in [1.807, 2.05) is 18.2 Å². The van der Waals surface area contributed by atoms with Crippen LogP contribution in [0.5, 0.6) is 0 Å². The van der Waals surface area contributed by atoms with Gasteiger partial charge in [-0.1, -0.05) is 26.8 Å². The maximum absolute atomic E-state index is 11.6. The molecule has 2 rings (SSSR count). The molecule has 1 heterocycles. The maximum atomic E-state index is 11.6. The third kappa shape index (κ3) is 2.32. The van der Waals surface area contributed by atoms with E-state index in [0.717, 1.165) is 22.1 Å². The van der Waals surface area contributed by atoms with Gasteiger partial charge in [0.15, 0.2) is 6.20 Å². The van der Waals surface area contributed by atoms with Gasteiger partial charge in [0.2, 0.25) is 5.52 Å². The molecule has 16 heavy (non-hydrogen) atoms. The minimum absolute atomic E-state index is 0.246. The largest absolute Gasteiger partial charge is 0.618 e. The molecule has 0 saturated carbocycles. The third-order valence-electron chi connectivity index (χ3n) is 2.56. The summed E-state index contributed by atoms with van der Waals surface area (Å²) in [5.41, 5.74) is 2.22. The standard InChI is InChI=1S/C14H17NO/c1-14(2,3)10-11-6-7-12-5-4-8-15(16)13(12)9-11/h4-9H,10H2,1-3H3. The quantitative estimate of drug-likeness (QED) is 0.530. The lowest BCUT2D eigenvalue weighted by molar-refractivity contribution is -0.577. The van der Waals surface area contributed by atoms with Crippen LogP contribution in [-0.2, 0) is 6.42 Å². The highest BCUT2D eigenvalue weighted by atomic mass is 16.5. The van der Waals surface area contributed by atoms with Gasteiger partial charge in [-0.3, -0.25) is 0 Å². The fraction of sp³-hybridized carbons (Fsp3) is 0.357. The average molecular weight is 215 g/mol. The Hall–Kier alpha value is -1.57. The van der Waals surface area contributed by atoms with Crippen molar-refractivity contribution >= 4 is 10.9 Å². The van der Waals surface area contributed by atoms with Gasteiger partial charge in [0, 0.05) is 17.5 Å². The molecule has 0 saturated heterocycles. The zero-order valence-electron chi connectivity index (χ0n) is 10.0. The van der Waals surface area contributed by atoms with Crippen LogP contribution in [0.4, 0.5) is 0 Å². The van der Waals surface area contributed by atoms with Crippen molar-refractivity contribution in [2.24, 2.45) is 5.41 Å². The summed E-state index contributed by atoms with van der Waals surface area (Å²) in [4.78, 5) is 0. The highest BCUT2D eigenvalue weighted by molar-refractivity contribution is 5.76. The summed E-state index contributed by atoms with van der Waals surface area (Å²) in [6, 6.07) is 9.86. The van der Waals surface area contributed by atoms with E-state index in [-0.39, 0.29) is 5.41 Å². The monoisotopic (exact) mass is 215 g/mol. The lowest BCUT2D eigenvalue weighted by Crippen LogP contribution is -2.26. The third-order valence-corrected chi connectivity index (χ3v) is 2.56. The van der Waals surface area contributed by atoms with E-state index >= 15 is 0 Å². The summed E-state index contributed by atoms with van der Waals surface area (Å²) >= 11 is 0. The second-order valence-electron chi connectivity index (χ2n) is 5.46. The van der Waals surface area contributed by atoms with Crippen LogP contribution in [0.1, 0.15) is 26.3 Å². The molecule has 0 aliphatic rings. The van der Waals surface area contributed by atoms with E-state index in [1.54, 1.807) is 12.3 Å².